The van der Waals surface area contributed by atoms with Crippen LogP contribution in [0, 0.1) is 0 Å². The Morgan fingerprint density at radius 1 is 1.12 bits per heavy atom. The van der Waals surface area contributed by atoms with Crippen LogP contribution in [0.1, 0.15) is 44.9 Å². The Morgan fingerprint density at radius 3 is 2.62 bits per heavy atom. The van der Waals surface area contributed by atoms with Crippen molar-refractivity contribution < 1.29 is 0 Å². The van der Waals surface area contributed by atoms with Crippen LogP contribution >= 0.6 is 0 Å². The molecule has 2 unspecified atom stereocenters. The van der Waals surface area contributed by atoms with Crippen molar-refractivity contribution in [3.8, 4) is 0 Å². The molecule has 2 atom stereocenters. The average molecular weight is 225 g/mol. The fourth-order valence-electron chi connectivity index (χ4n) is 2.99. The minimum atomic E-state index is 0.458. The third-order valence-electron chi connectivity index (χ3n) is 4.01. The van der Waals surface area contributed by atoms with Crippen LogP contribution in [0.25, 0.3) is 0 Å². The van der Waals surface area contributed by atoms with Gasteiger partial charge in [-0.25, -0.2) is 0 Å². The fourth-order valence-corrected chi connectivity index (χ4v) is 2.99. The molecule has 3 heteroatoms. The molecule has 0 amide bonds. The van der Waals surface area contributed by atoms with Crippen molar-refractivity contribution >= 4 is 0 Å². The molecule has 0 aromatic carbocycles. The van der Waals surface area contributed by atoms with E-state index in [1.54, 1.807) is 0 Å². The molecule has 1 saturated heterocycles. The summed E-state index contributed by atoms with van der Waals surface area (Å²) in [5.41, 5.74) is 5.90. The van der Waals surface area contributed by atoms with Gasteiger partial charge in [0.1, 0.15) is 0 Å². The van der Waals surface area contributed by atoms with Crippen molar-refractivity contribution in [3.63, 3.8) is 0 Å². The molecule has 2 rings (SSSR count). The van der Waals surface area contributed by atoms with E-state index in [-0.39, 0.29) is 0 Å². The van der Waals surface area contributed by atoms with E-state index < -0.39 is 0 Å². The summed E-state index contributed by atoms with van der Waals surface area (Å²) in [6.07, 6.45) is 9.23. The highest BCUT2D eigenvalue weighted by Gasteiger charge is 2.20. The van der Waals surface area contributed by atoms with Gasteiger partial charge in [-0.1, -0.05) is 6.42 Å². The molecule has 3 nitrogen and oxygen atoms in total. The van der Waals surface area contributed by atoms with E-state index in [1.165, 1.54) is 71.1 Å². The lowest BCUT2D eigenvalue weighted by molar-refractivity contribution is 0.225. The second-order valence-electron chi connectivity index (χ2n) is 5.48. The van der Waals surface area contributed by atoms with Crippen LogP contribution in [-0.2, 0) is 0 Å². The van der Waals surface area contributed by atoms with Crippen LogP contribution in [0.2, 0.25) is 0 Å². The van der Waals surface area contributed by atoms with Gasteiger partial charge in [0.05, 0.1) is 0 Å². The Kier molecular flexibility index (Phi) is 5.07. The summed E-state index contributed by atoms with van der Waals surface area (Å²) in [7, 11) is 0. The van der Waals surface area contributed by atoms with E-state index in [2.05, 4.69) is 10.2 Å². The number of nitrogens with two attached hydrogens (primary N) is 1. The molecule has 2 aliphatic rings. The monoisotopic (exact) mass is 225 g/mol. The topological polar surface area (TPSA) is 41.3 Å². The normalized spacial score (nSPS) is 32.1. The van der Waals surface area contributed by atoms with Crippen LogP contribution in [0.15, 0.2) is 0 Å². The summed E-state index contributed by atoms with van der Waals surface area (Å²) < 4.78 is 0. The third-order valence-corrected chi connectivity index (χ3v) is 4.01. The van der Waals surface area contributed by atoms with E-state index in [0.29, 0.717) is 12.1 Å². The standard InChI is InChI=1S/C13H27N3/c14-12-5-6-13(11-12)15-7-4-10-16-8-2-1-3-9-16/h12-13,15H,1-11,14H2. The molecule has 94 valence electrons. The number of hydrogen-bond donors (Lipinski definition) is 2. The van der Waals surface area contributed by atoms with Crippen LogP contribution < -0.4 is 11.1 Å². The number of nitrogens with zero attached hydrogens (tertiary/aromatic N) is 1. The predicted molar refractivity (Wildman–Crippen MR) is 68.5 cm³/mol. The molecule has 1 aliphatic carbocycles. The van der Waals surface area contributed by atoms with Gasteiger partial charge in [0.25, 0.3) is 0 Å². The van der Waals surface area contributed by atoms with Crippen molar-refractivity contribution in [2.75, 3.05) is 26.2 Å². The second kappa shape index (κ2) is 6.58. The van der Waals surface area contributed by atoms with Gasteiger partial charge in [0.2, 0.25) is 0 Å². The lowest BCUT2D eigenvalue weighted by Gasteiger charge is -2.26. The Labute approximate surface area is 99.8 Å². The van der Waals surface area contributed by atoms with Gasteiger partial charge in [-0.15, -0.1) is 0 Å². The minimum absolute atomic E-state index is 0.458. The second-order valence-corrected chi connectivity index (χ2v) is 5.48. The lowest BCUT2D eigenvalue weighted by atomic mass is 10.1. The first-order chi connectivity index (χ1) is 7.84. The molecule has 1 heterocycles. The highest BCUT2D eigenvalue weighted by Crippen LogP contribution is 2.16. The van der Waals surface area contributed by atoms with Crippen LogP contribution in [0.3, 0.4) is 0 Å². The smallest absolute Gasteiger partial charge is 0.00823 e. The van der Waals surface area contributed by atoms with Gasteiger partial charge >= 0.3 is 0 Å². The first-order valence-electron chi connectivity index (χ1n) is 7.06. The van der Waals surface area contributed by atoms with Crippen molar-refractivity contribution in [2.24, 2.45) is 5.73 Å². The Morgan fingerprint density at radius 2 is 1.94 bits per heavy atom. The summed E-state index contributed by atoms with van der Waals surface area (Å²) in [6, 6.07) is 1.16. The minimum Gasteiger partial charge on any atom is -0.328 e. The van der Waals surface area contributed by atoms with Crippen molar-refractivity contribution in [2.45, 2.75) is 57.0 Å². The number of likely N-dealkylation sites (tertiary alicyclic amines) is 1. The predicted octanol–water partition coefficient (Wildman–Crippen LogP) is 1.33. The van der Waals surface area contributed by atoms with Gasteiger partial charge in [0.15, 0.2) is 0 Å². The highest BCUT2D eigenvalue weighted by molar-refractivity contribution is 4.82. The average Bonchev–Trinajstić information content (AvgIpc) is 2.72. The van der Waals surface area contributed by atoms with Crippen molar-refractivity contribution in [1.82, 2.24) is 10.2 Å². The number of nitrogens with one attached hydrogen (secondary N) is 1. The van der Waals surface area contributed by atoms with Gasteiger partial charge in [-0.2, -0.15) is 0 Å². The quantitative estimate of drug-likeness (QED) is 0.694. The summed E-state index contributed by atoms with van der Waals surface area (Å²) in [6.45, 7) is 5.11. The van der Waals surface area contributed by atoms with Gasteiger partial charge in [-0.3, -0.25) is 0 Å². The first-order valence-corrected chi connectivity index (χ1v) is 7.06. The maximum atomic E-state index is 5.90. The number of hydrogen-bond acceptors (Lipinski definition) is 3. The number of piperidine rings is 1. The Bertz CT molecular complexity index is 183. The summed E-state index contributed by atoms with van der Waals surface area (Å²) in [5, 5.41) is 3.64. The summed E-state index contributed by atoms with van der Waals surface area (Å²) in [5.74, 6) is 0. The summed E-state index contributed by atoms with van der Waals surface area (Å²) in [4.78, 5) is 2.62. The van der Waals surface area contributed by atoms with E-state index in [0.717, 1.165) is 0 Å². The molecule has 1 saturated carbocycles. The van der Waals surface area contributed by atoms with E-state index in [9.17, 15) is 0 Å². The van der Waals surface area contributed by atoms with Crippen molar-refractivity contribution in [1.29, 1.82) is 0 Å². The molecule has 2 fully saturated rings. The zero-order valence-corrected chi connectivity index (χ0v) is 10.5. The lowest BCUT2D eigenvalue weighted by Crippen LogP contribution is -2.34. The molecular weight excluding hydrogens is 198 g/mol. The zero-order chi connectivity index (χ0) is 11.2. The maximum absolute atomic E-state index is 5.90. The Hall–Kier alpha value is -0.120. The van der Waals surface area contributed by atoms with Gasteiger partial charge in [-0.05, 0) is 64.7 Å². The number of rotatable bonds is 5. The van der Waals surface area contributed by atoms with Gasteiger partial charge in [0, 0.05) is 12.1 Å². The molecule has 0 aromatic rings. The van der Waals surface area contributed by atoms with Crippen LogP contribution in [0.5, 0.6) is 0 Å². The fraction of sp³-hybridized carbons (Fsp3) is 1.00. The summed E-state index contributed by atoms with van der Waals surface area (Å²) >= 11 is 0. The molecule has 0 radical (unpaired) electrons. The Balaban J connectivity index is 1.48. The first kappa shape index (κ1) is 12.3. The molecule has 0 aromatic heterocycles. The van der Waals surface area contributed by atoms with Crippen LogP contribution in [0.4, 0.5) is 0 Å². The molecule has 3 N–H and O–H groups in total. The maximum Gasteiger partial charge on any atom is 0.00823 e. The largest absolute Gasteiger partial charge is 0.328 e. The third kappa shape index (κ3) is 4.04. The van der Waals surface area contributed by atoms with Crippen LogP contribution in [-0.4, -0.2) is 43.2 Å². The SMILES string of the molecule is NC1CCC(NCCCN2CCCCC2)C1. The molecule has 16 heavy (non-hydrogen) atoms. The molecule has 1 aliphatic heterocycles. The molecule has 0 bridgehead atoms. The molecule has 0 spiro atoms. The zero-order valence-electron chi connectivity index (χ0n) is 10.5. The van der Waals surface area contributed by atoms with Crippen molar-refractivity contribution in [3.05, 3.63) is 0 Å². The van der Waals surface area contributed by atoms with Gasteiger partial charge < -0.3 is 16.0 Å². The van der Waals surface area contributed by atoms with E-state index in [1.807, 2.05) is 0 Å². The van der Waals surface area contributed by atoms with E-state index >= 15 is 0 Å². The highest BCUT2D eigenvalue weighted by atomic mass is 15.1. The molecular formula is C13H27N3. The van der Waals surface area contributed by atoms with E-state index in [4.69, 9.17) is 5.73 Å².